The smallest absolute Gasteiger partial charge is 0.328 e. The number of carbonyl (C=O) groups is 16. The Morgan fingerprint density at radius 3 is 2.11 bits per heavy atom. The van der Waals surface area contributed by atoms with Gasteiger partial charge in [-0.05, 0) is 143 Å². The zero-order valence-electron chi connectivity index (χ0n) is 85.6. The number of ether oxygens (including phenoxy) is 5. The molecule has 12 amide bonds. The van der Waals surface area contributed by atoms with E-state index in [4.69, 9.17) is 41.0 Å². The summed E-state index contributed by atoms with van der Waals surface area (Å²) in [7, 11) is 7.08. The third-order valence-corrected chi connectivity index (χ3v) is 29.8. The maximum absolute atomic E-state index is 15.8. The van der Waals surface area contributed by atoms with Crippen LogP contribution in [0.15, 0.2) is 151 Å². The number of H-pyrrole nitrogens is 1. The number of carbonyl (C=O) groups excluding carboxylic acids is 16. The number of phenolic OH excluding ortho intramolecular Hbond substituents is 1. The predicted molar refractivity (Wildman–Crippen MR) is 549 cm³/mol. The van der Waals surface area contributed by atoms with Gasteiger partial charge in [-0.15, -0.1) is 11.8 Å². The van der Waals surface area contributed by atoms with E-state index in [0.29, 0.717) is 53.0 Å². The van der Waals surface area contributed by atoms with Crippen molar-refractivity contribution >= 4 is 134 Å². The molecular weight excluding hydrogens is 1930 g/mol. The highest BCUT2D eigenvalue weighted by atomic mass is 35.5. The number of epoxide rings is 1. The van der Waals surface area contributed by atoms with Crippen LogP contribution in [0, 0.1) is 23.2 Å². The number of para-hydroxylation sites is 1. The van der Waals surface area contributed by atoms with Crippen LogP contribution in [0.5, 0.6) is 11.5 Å². The molecule has 5 aliphatic rings. The number of likely N-dealkylation sites (N-methyl/N-ethyl adjacent to an activating group) is 2. The summed E-state index contributed by atoms with van der Waals surface area (Å²) < 4.78 is 29.9. The van der Waals surface area contributed by atoms with Gasteiger partial charge in [-0.2, -0.15) is 0 Å². The van der Waals surface area contributed by atoms with Gasteiger partial charge in [0.25, 0.3) is 0 Å². The van der Waals surface area contributed by atoms with Gasteiger partial charge in [0.15, 0.2) is 11.6 Å². The molecule has 4 saturated heterocycles. The summed E-state index contributed by atoms with van der Waals surface area (Å²) in [5, 5.41) is 53.1. The SMILES string of the molecule is COc1cc2cc(c1Cl)N(C)C(=O)C[C@H](OC(=O)[C@H](C)N(C)C(=O)CCSC1CC(=O)N(CCCNC(=O)[C@H](CC(C)C)NC(=O)[C@H](Cc3ccccc3)NC(=O)CNC(=O)CC[C@H]3C(=O)C[C@](C)(Cc4ccc(O)cc4)C(=O)N[C@H](Cc4c[nH]c5ccccc45)C(=O)C[C@@H](CCCCN)C(=O)N[C@@H]([C@@H](C)O)C(=O)N[C@@H](Cc4ccccc4)C(=O)N3C)C1=O)[C@]1(C)O[C@H]1[C@H](C)[C@@H]1C[C@@](O)(CC(=O)O1)[C@H](OC)/C=C/C=C(C)C2. The van der Waals surface area contributed by atoms with Crippen molar-refractivity contribution in [1.82, 2.24) is 56.9 Å². The number of ketones is 2. The van der Waals surface area contributed by atoms with Crippen LogP contribution < -0.4 is 52.6 Å². The lowest BCUT2D eigenvalue weighted by molar-refractivity contribution is -0.187. The summed E-state index contributed by atoms with van der Waals surface area (Å²) in [6.07, 6.45) is -1.04. The zero-order valence-corrected chi connectivity index (χ0v) is 87.2. The number of aromatic amines is 1. The fraction of sp³-hybridized carbons (Fsp3) is 0.519. The van der Waals surface area contributed by atoms with Gasteiger partial charge in [-0.25, -0.2) is 4.79 Å². The lowest BCUT2D eigenvalue weighted by atomic mass is 9.76. The maximum Gasteiger partial charge on any atom is 0.328 e. The summed E-state index contributed by atoms with van der Waals surface area (Å²) in [5.74, 6) is -13.2. The Bertz CT molecular complexity index is 5810. The third-order valence-electron chi connectivity index (χ3n) is 28.3. The average molecular weight is 2070 g/mol. The molecular formula is C108H140ClN13O24S. The van der Waals surface area contributed by atoms with Gasteiger partial charge in [0, 0.05) is 134 Å². The number of anilines is 1. The monoisotopic (exact) mass is 2070 g/mol. The molecule has 11 rings (SSSR count). The van der Waals surface area contributed by atoms with Crippen LogP contribution in [0.3, 0.4) is 0 Å². The van der Waals surface area contributed by atoms with Crippen molar-refractivity contribution < 1.29 is 116 Å². The van der Waals surface area contributed by atoms with E-state index in [0.717, 1.165) is 43.6 Å². The van der Waals surface area contributed by atoms with Crippen molar-refractivity contribution in [2.24, 2.45) is 28.9 Å². The number of aliphatic hydroxyl groups is 2. The zero-order chi connectivity index (χ0) is 107. The second-order valence-electron chi connectivity index (χ2n) is 40.1. The second-order valence-corrected chi connectivity index (χ2v) is 41.8. The Morgan fingerprint density at radius 2 is 1.43 bits per heavy atom. The molecule has 18 atom stereocenters. The molecule has 0 aliphatic carbocycles. The maximum atomic E-state index is 15.8. The number of unbranched alkanes of at least 4 members (excludes halogenated alkanes) is 1. The summed E-state index contributed by atoms with van der Waals surface area (Å²) in [6.45, 7) is 12.5. The van der Waals surface area contributed by atoms with Crippen LogP contribution in [0.2, 0.25) is 5.02 Å². The molecule has 4 bridgehead atoms. The molecule has 794 valence electrons. The van der Waals surface area contributed by atoms with Crippen molar-refractivity contribution in [1.29, 1.82) is 0 Å². The van der Waals surface area contributed by atoms with Crippen molar-refractivity contribution in [3.63, 3.8) is 0 Å². The molecule has 13 N–H and O–H groups in total. The highest BCUT2D eigenvalue weighted by Gasteiger charge is 2.65. The second kappa shape index (κ2) is 52.2. The van der Waals surface area contributed by atoms with Gasteiger partial charge in [0.1, 0.15) is 76.2 Å². The number of aromatic nitrogens is 1. The van der Waals surface area contributed by atoms with Crippen molar-refractivity contribution in [3.8, 4) is 11.5 Å². The van der Waals surface area contributed by atoms with E-state index in [9.17, 15) is 72.9 Å². The van der Waals surface area contributed by atoms with Crippen LogP contribution >= 0.6 is 23.4 Å². The first-order valence-electron chi connectivity index (χ1n) is 50.0. The third kappa shape index (κ3) is 30.5. The molecule has 1 unspecified atom stereocenters. The Balaban J connectivity index is 0.720. The topological polar surface area (TPSA) is 522 Å². The number of thioether (sulfide) groups is 1. The van der Waals surface area contributed by atoms with E-state index >= 15 is 19.2 Å². The van der Waals surface area contributed by atoms with Crippen LogP contribution in [-0.2, 0) is 128 Å². The number of allylic oxidation sites excluding steroid dienone is 3. The predicted octanol–water partition coefficient (Wildman–Crippen LogP) is 6.94. The average Bonchev–Trinajstić information content (AvgIpc) is 1.57. The van der Waals surface area contributed by atoms with Crippen LogP contribution in [0.25, 0.3) is 10.9 Å². The van der Waals surface area contributed by atoms with Crippen LogP contribution in [-0.4, -0.2) is 286 Å². The first-order valence-corrected chi connectivity index (χ1v) is 51.5. The van der Waals surface area contributed by atoms with Crippen LogP contribution in [0.4, 0.5) is 5.69 Å². The molecule has 147 heavy (non-hydrogen) atoms. The molecule has 1 aromatic heterocycles. The first kappa shape index (κ1) is 115. The summed E-state index contributed by atoms with van der Waals surface area (Å²) in [5.41, 5.74) is 5.91. The minimum Gasteiger partial charge on any atom is -0.508 e. The summed E-state index contributed by atoms with van der Waals surface area (Å²) in [4.78, 5) is 241. The number of nitrogens with zero attached hydrogens (tertiary/aromatic N) is 4. The number of rotatable bonds is 37. The van der Waals surface area contributed by atoms with Gasteiger partial charge >= 0.3 is 11.9 Å². The van der Waals surface area contributed by atoms with E-state index in [-0.39, 0.29) is 113 Å². The number of fused-ring (bicyclic) bond motifs is 6. The Hall–Kier alpha value is -12.7. The molecule has 5 aromatic carbocycles. The highest BCUT2D eigenvalue weighted by molar-refractivity contribution is 8.00. The normalized spacial score (nSPS) is 25.2. The quantitative estimate of drug-likeness (QED) is 0.00813. The molecule has 0 spiro atoms. The summed E-state index contributed by atoms with van der Waals surface area (Å²) in [6, 6.07) is 23.9. The van der Waals surface area contributed by atoms with E-state index in [2.05, 4.69) is 42.2 Å². The Kier molecular flexibility index (Phi) is 40.7. The van der Waals surface area contributed by atoms with Gasteiger partial charge in [0.05, 0.1) is 67.1 Å². The van der Waals surface area contributed by atoms with E-state index in [1.54, 1.807) is 117 Å². The number of nitrogens with one attached hydrogen (secondary N) is 8. The number of aliphatic hydroxyl groups excluding tert-OH is 1. The highest BCUT2D eigenvalue weighted by Crippen LogP contribution is 2.50. The van der Waals surface area contributed by atoms with Crippen molar-refractivity contribution in [2.75, 3.05) is 72.2 Å². The number of likely N-dealkylation sites (tertiary alicyclic amines) is 1. The summed E-state index contributed by atoms with van der Waals surface area (Å²) >= 11 is 7.98. The van der Waals surface area contributed by atoms with Crippen molar-refractivity contribution in [2.45, 2.75) is 267 Å². The van der Waals surface area contributed by atoms with Gasteiger partial charge in [-0.3, -0.25) is 76.8 Å². The largest absolute Gasteiger partial charge is 0.508 e. The van der Waals surface area contributed by atoms with E-state index in [1.165, 1.54) is 78.1 Å². The molecule has 5 aliphatic heterocycles. The van der Waals surface area contributed by atoms with Crippen molar-refractivity contribution in [3.05, 3.63) is 184 Å². The number of hydrogen-bond acceptors (Lipinski definition) is 26. The standard InChI is InChI=1S/C108H140ClN13O24S/c1-62(2)46-77(99(134)111-43-25-44-122-93(131)54-86(103(122)138)147-45-41-91(129)119(9)65(5)104(139)145-88-55-92(130)120(10)81-50-70(51-84(142-12)95(81)109)47-63(3)26-24-34-87(143-13)108(141)58-85(144-94(132)59-108)64(4)97-107(88,8)146-97)115-100(135)78(48-67-27-16-14-17-28-67)114-90(128)61-113-89(127)40-39-80-83(126)57-106(7,56-69-35-37-73(124)38-36-69)105(140)117-76(52-72-60-112-75-33-21-20-32-74(72)75)82(125)53-71(31-22-23-42-110)98(133)118-96(66(6)123)101(136)116-79(102(137)121(80)11)49-68-29-18-15-19-30-68/h14-21,24,26-30,32-38,50-51,60,62,64-66,71,76-80,85-88,96-97,112,123-124,141H,22-23,25,31,39-49,52-59,61,110H2,1-13H3,(H,111,134)(H,113,127)(H,114,128)(H,115,135)(H,116,136)(H,117,140)(H,118,133)/b34-24+,63-26?/t64-,65+,66-,71-,76-,77+,78+,79+,80+,85+,86?,87-,88+,96+,97+,106+,107+,108-/m1/s1. The number of esters is 2. The van der Waals surface area contributed by atoms with E-state index in [1.807, 2.05) is 51.1 Å². The number of halogens is 1. The van der Waals surface area contributed by atoms with Gasteiger partial charge < -0.3 is 102 Å². The number of phenols is 1. The number of hydrogen-bond donors (Lipinski definition) is 12. The lowest BCUT2D eigenvalue weighted by Crippen LogP contribution is -2.60. The Labute approximate surface area is 865 Å². The number of Topliss-reactive ketones (excluding diaryl/α,β-unsaturated/α-hetero) is 2. The van der Waals surface area contributed by atoms with Gasteiger partial charge in [-0.1, -0.05) is 161 Å². The minimum absolute atomic E-state index is 0.0463. The molecule has 0 saturated carbocycles. The molecule has 0 radical (unpaired) electrons. The molecule has 6 heterocycles. The lowest BCUT2D eigenvalue weighted by Gasteiger charge is -2.41. The number of imide groups is 1. The first-order chi connectivity index (χ1) is 69.8. The fourth-order valence-corrected chi connectivity index (χ4v) is 20.9. The van der Waals surface area contributed by atoms with Crippen LogP contribution in [0.1, 0.15) is 173 Å². The number of benzene rings is 5. The number of nitrogens with two attached hydrogens (primary N) is 1. The Morgan fingerprint density at radius 1 is 0.735 bits per heavy atom. The number of amides is 12. The van der Waals surface area contributed by atoms with Gasteiger partial charge in [0.2, 0.25) is 70.9 Å². The molecule has 37 nitrogen and oxygen atoms in total. The molecule has 4 fully saturated rings. The fourth-order valence-electron chi connectivity index (χ4n) is 19.4. The molecule has 39 heteroatoms. The van der Waals surface area contributed by atoms with E-state index < -0.39 is 240 Å². The number of methoxy groups -OCH3 is 2. The molecule has 6 aromatic rings. The number of aromatic hydroxyl groups is 1. The minimum atomic E-state index is -1.80.